The van der Waals surface area contributed by atoms with E-state index in [4.69, 9.17) is 0 Å². The zero-order valence-corrected chi connectivity index (χ0v) is 12.7. The van der Waals surface area contributed by atoms with Crippen LogP contribution < -0.4 is 10.2 Å². The minimum Gasteiger partial charge on any atom is -0.326 e. The van der Waals surface area contributed by atoms with Crippen LogP contribution in [0.15, 0.2) is 28.4 Å². The largest absolute Gasteiger partial charge is 0.326 e. The number of anilines is 1. The average Bonchev–Trinajstić information content (AvgIpc) is 2.71. The highest BCUT2D eigenvalue weighted by Crippen LogP contribution is 2.16. The van der Waals surface area contributed by atoms with Crippen molar-refractivity contribution in [1.82, 2.24) is 4.57 Å². The van der Waals surface area contributed by atoms with E-state index in [0.29, 0.717) is 13.0 Å². The van der Waals surface area contributed by atoms with Gasteiger partial charge in [-0.1, -0.05) is 23.5 Å². The van der Waals surface area contributed by atoms with Crippen molar-refractivity contribution < 1.29 is 4.79 Å². The Bertz CT molecular complexity index is 685. The van der Waals surface area contributed by atoms with Crippen LogP contribution in [0.2, 0.25) is 0 Å². The van der Waals surface area contributed by atoms with E-state index < -0.39 is 0 Å². The number of aryl methyl sites for hydroxylation is 3. The molecule has 1 N–H and O–H groups in total. The van der Waals surface area contributed by atoms with E-state index in [1.807, 2.05) is 44.4 Å². The molecule has 0 atom stereocenters. The van der Waals surface area contributed by atoms with Crippen molar-refractivity contribution in [1.29, 1.82) is 0 Å². The molecule has 0 aliphatic rings. The number of benzene rings is 1. The van der Waals surface area contributed by atoms with Crippen molar-refractivity contribution in [3.8, 4) is 0 Å². The number of rotatable bonds is 4. The maximum Gasteiger partial charge on any atom is 0.307 e. The second-order valence-electron chi connectivity index (χ2n) is 4.91. The number of hydrogen-bond acceptors (Lipinski definition) is 3. The molecule has 20 heavy (non-hydrogen) atoms. The summed E-state index contributed by atoms with van der Waals surface area (Å²) in [6.07, 6.45) is 0.296. The molecule has 0 aliphatic heterocycles. The quantitative estimate of drug-likeness (QED) is 0.941. The SMILES string of the molecule is Cc1ccc(C)c(NC(=O)CCn2c(C)csc2=O)c1. The van der Waals surface area contributed by atoms with Crippen molar-refractivity contribution in [2.45, 2.75) is 33.7 Å². The molecule has 0 aliphatic carbocycles. The molecule has 0 spiro atoms. The van der Waals surface area contributed by atoms with Gasteiger partial charge in [0, 0.05) is 29.7 Å². The van der Waals surface area contributed by atoms with E-state index >= 15 is 0 Å². The van der Waals surface area contributed by atoms with Gasteiger partial charge < -0.3 is 9.88 Å². The summed E-state index contributed by atoms with van der Waals surface area (Å²) in [6, 6.07) is 5.95. The van der Waals surface area contributed by atoms with Gasteiger partial charge in [0.05, 0.1) is 0 Å². The van der Waals surface area contributed by atoms with Crippen LogP contribution in [-0.2, 0) is 11.3 Å². The first kappa shape index (κ1) is 14.5. The molecule has 106 valence electrons. The molecule has 0 saturated carbocycles. The van der Waals surface area contributed by atoms with E-state index in [2.05, 4.69) is 5.32 Å². The number of thiazole rings is 1. The van der Waals surface area contributed by atoms with Crippen LogP contribution in [0.4, 0.5) is 5.69 Å². The van der Waals surface area contributed by atoms with Gasteiger partial charge in [-0.05, 0) is 38.0 Å². The highest BCUT2D eigenvalue weighted by Gasteiger charge is 2.08. The fourth-order valence-corrected chi connectivity index (χ4v) is 2.73. The van der Waals surface area contributed by atoms with Crippen LogP contribution in [0.3, 0.4) is 0 Å². The van der Waals surface area contributed by atoms with Crippen LogP contribution in [0, 0.1) is 20.8 Å². The lowest BCUT2D eigenvalue weighted by molar-refractivity contribution is -0.116. The summed E-state index contributed by atoms with van der Waals surface area (Å²) in [7, 11) is 0. The number of nitrogens with zero attached hydrogens (tertiary/aromatic N) is 1. The van der Waals surface area contributed by atoms with Crippen molar-refractivity contribution in [3.63, 3.8) is 0 Å². The fraction of sp³-hybridized carbons (Fsp3) is 0.333. The number of carbonyl (C=O) groups is 1. The maximum atomic E-state index is 12.0. The Morgan fingerprint density at radius 3 is 2.70 bits per heavy atom. The van der Waals surface area contributed by atoms with Crippen molar-refractivity contribution in [2.75, 3.05) is 5.32 Å². The number of hydrogen-bond donors (Lipinski definition) is 1. The Morgan fingerprint density at radius 2 is 2.05 bits per heavy atom. The third kappa shape index (κ3) is 3.36. The molecule has 5 heteroatoms. The minimum atomic E-state index is -0.0730. The van der Waals surface area contributed by atoms with Gasteiger partial charge in [0.1, 0.15) is 0 Å². The highest BCUT2D eigenvalue weighted by atomic mass is 32.1. The second-order valence-corrected chi connectivity index (χ2v) is 5.73. The van der Waals surface area contributed by atoms with Gasteiger partial charge in [0.25, 0.3) is 0 Å². The summed E-state index contributed by atoms with van der Waals surface area (Å²) >= 11 is 1.17. The molecule has 2 rings (SSSR count). The van der Waals surface area contributed by atoms with Gasteiger partial charge in [-0.15, -0.1) is 0 Å². The molecule has 1 aromatic carbocycles. The monoisotopic (exact) mass is 290 g/mol. The summed E-state index contributed by atoms with van der Waals surface area (Å²) in [5.74, 6) is -0.0730. The molecule has 4 nitrogen and oxygen atoms in total. The lowest BCUT2D eigenvalue weighted by Crippen LogP contribution is -2.20. The van der Waals surface area contributed by atoms with E-state index in [0.717, 1.165) is 22.5 Å². The van der Waals surface area contributed by atoms with Crippen LogP contribution in [0.25, 0.3) is 0 Å². The molecule has 0 fully saturated rings. The van der Waals surface area contributed by atoms with Gasteiger partial charge >= 0.3 is 4.87 Å². The molecule has 1 heterocycles. The molecular formula is C15H18N2O2S. The normalized spacial score (nSPS) is 10.6. The fourth-order valence-electron chi connectivity index (χ4n) is 1.97. The molecule has 0 radical (unpaired) electrons. The zero-order valence-electron chi connectivity index (χ0n) is 11.9. The van der Waals surface area contributed by atoms with E-state index in [9.17, 15) is 9.59 Å². The third-order valence-corrected chi connectivity index (χ3v) is 4.09. The molecule has 0 bridgehead atoms. The first-order valence-electron chi connectivity index (χ1n) is 6.49. The first-order valence-corrected chi connectivity index (χ1v) is 7.37. The summed E-state index contributed by atoms with van der Waals surface area (Å²) in [4.78, 5) is 23.5. The minimum absolute atomic E-state index is 0.0120. The second kappa shape index (κ2) is 6.05. The number of aromatic nitrogens is 1. The Labute approximate surface area is 122 Å². The predicted molar refractivity (Wildman–Crippen MR) is 82.5 cm³/mol. The van der Waals surface area contributed by atoms with Crippen molar-refractivity contribution >= 4 is 22.9 Å². The summed E-state index contributed by atoms with van der Waals surface area (Å²) in [6.45, 7) is 6.25. The molecular weight excluding hydrogens is 272 g/mol. The average molecular weight is 290 g/mol. The molecule has 0 saturated heterocycles. The Hall–Kier alpha value is -1.88. The Morgan fingerprint density at radius 1 is 1.30 bits per heavy atom. The molecule has 1 amide bonds. The zero-order chi connectivity index (χ0) is 14.7. The number of amides is 1. The van der Waals surface area contributed by atoms with Gasteiger partial charge in [0.2, 0.25) is 5.91 Å². The van der Waals surface area contributed by atoms with Crippen LogP contribution in [0.1, 0.15) is 23.2 Å². The summed E-state index contributed by atoms with van der Waals surface area (Å²) in [5.41, 5.74) is 3.88. The van der Waals surface area contributed by atoms with Crippen molar-refractivity contribution in [3.05, 3.63) is 50.1 Å². The molecule has 1 aromatic heterocycles. The standard InChI is InChI=1S/C15H18N2O2S/c1-10-4-5-11(2)13(8-10)16-14(18)6-7-17-12(3)9-20-15(17)19/h4-5,8-9H,6-7H2,1-3H3,(H,16,18). The van der Waals surface area contributed by atoms with Gasteiger partial charge in [-0.2, -0.15) is 0 Å². The summed E-state index contributed by atoms with van der Waals surface area (Å²) in [5, 5.41) is 4.71. The van der Waals surface area contributed by atoms with Gasteiger partial charge in [-0.3, -0.25) is 9.59 Å². The van der Waals surface area contributed by atoms with Crippen LogP contribution in [0.5, 0.6) is 0 Å². The maximum absolute atomic E-state index is 12.0. The topological polar surface area (TPSA) is 51.1 Å². The highest BCUT2D eigenvalue weighted by molar-refractivity contribution is 7.07. The number of nitrogens with one attached hydrogen (secondary N) is 1. The first-order chi connectivity index (χ1) is 9.47. The van der Waals surface area contributed by atoms with Gasteiger partial charge in [0.15, 0.2) is 0 Å². The lowest BCUT2D eigenvalue weighted by Gasteiger charge is -2.10. The molecule has 0 unspecified atom stereocenters. The smallest absolute Gasteiger partial charge is 0.307 e. The predicted octanol–water partition coefficient (Wildman–Crippen LogP) is 2.86. The third-order valence-electron chi connectivity index (χ3n) is 3.21. The van der Waals surface area contributed by atoms with E-state index in [-0.39, 0.29) is 10.8 Å². The Balaban J connectivity index is 2.00. The van der Waals surface area contributed by atoms with Crippen LogP contribution in [-0.4, -0.2) is 10.5 Å². The molecule has 2 aromatic rings. The Kier molecular flexibility index (Phi) is 4.39. The van der Waals surface area contributed by atoms with Crippen molar-refractivity contribution in [2.24, 2.45) is 0 Å². The summed E-state index contributed by atoms with van der Waals surface area (Å²) < 4.78 is 1.63. The lowest BCUT2D eigenvalue weighted by atomic mass is 10.1. The number of carbonyl (C=O) groups excluding carboxylic acids is 1. The van der Waals surface area contributed by atoms with E-state index in [1.165, 1.54) is 11.3 Å². The van der Waals surface area contributed by atoms with Crippen LogP contribution >= 0.6 is 11.3 Å². The van der Waals surface area contributed by atoms with E-state index in [1.54, 1.807) is 4.57 Å². The van der Waals surface area contributed by atoms with Gasteiger partial charge in [-0.25, -0.2) is 0 Å².